The average molecular weight is 535 g/mol. The molecule has 1 saturated heterocycles. The Morgan fingerprint density at radius 3 is 2.74 bits per heavy atom. The second-order valence-electron chi connectivity index (χ2n) is 9.42. The molecule has 4 aromatic heterocycles. The van der Waals surface area contributed by atoms with Gasteiger partial charge in [-0.25, -0.2) is 13.9 Å². The molecule has 0 saturated carbocycles. The number of hydrogen-bond donors (Lipinski definition) is 2. The van der Waals surface area contributed by atoms with Crippen LogP contribution in [-0.2, 0) is 11.3 Å². The van der Waals surface area contributed by atoms with Gasteiger partial charge in [0, 0.05) is 38.8 Å². The summed E-state index contributed by atoms with van der Waals surface area (Å²) in [5, 5.41) is 18.9. The van der Waals surface area contributed by atoms with Crippen LogP contribution in [0.3, 0.4) is 0 Å². The van der Waals surface area contributed by atoms with Gasteiger partial charge in [0.25, 0.3) is 0 Å². The Bertz CT molecular complexity index is 1640. The number of benzene rings is 1. The van der Waals surface area contributed by atoms with Gasteiger partial charge in [0.1, 0.15) is 17.3 Å². The molecule has 0 spiro atoms. The van der Waals surface area contributed by atoms with Gasteiger partial charge < -0.3 is 24.9 Å². The van der Waals surface area contributed by atoms with Crippen LogP contribution < -0.4 is 15.4 Å². The first kappa shape index (κ1) is 24.7. The van der Waals surface area contributed by atoms with Crippen LogP contribution >= 0.6 is 0 Å². The average Bonchev–Trinajstić information content (AvgIpc) is 3.68. The van der Waals surface area contributed by atoms with Crippen LogP contribution in [0.1, 0.15) is 6.92 Å². The fourth-order valence-electron chi connectivity index (χ4n) is 4.81. The number of nitrogens with two attached hydrogens (primary N) is 1. The number of anilines is 2. The van der Waals surface area contributed by atoms with Gasteiger partial charge in [-0.2, -0.15) is 19.7 Å². The first-order valence-corrected chi connectivity index (χ1v) is 12.6. The van der Waals surface area contributed by atoms with Crippen molar-refractivity contribution < 1.29 is 23.4 Å². The van der Waals surface area contributed by atoms with Gasteiger partial charge >= 0.3 is 5.97 Å². The third-order valence-corrected chi connectivity index (χ3v) is 6.93. The number of hydrogen-bond acceptors (Lipinski definition) is 9. The van der Waals surface area contributed by atoms with Crippen molar-refractivity contribution in [3.8, 4) is 17.2 Å². The number of aromatic nitrogens is 5. The minimum absolute atomic E-state index is 0.191. The van der Waals surface area contributed by atoms with E-state index < -0.39 is 17.9 Å². The highest BCUT2D eigenvalue weighted by Crippen LogP contribution is 2.28. The summed E-state index contributed by atoms with van der Waals surface area (Å²) in [4.78, 5) is 19.8. The van der Waals surface area contributed by atoms with Crippen molar-refractivity contribution in [3.05, 3.63) is 54.7 Å². The molecule has 0 aliphatic carbocycles. The Hall–Kier alpha value is -4.65. The molecule has 0 radical (unpaired) electrons. The van der Waals surface area contributed by atoms with Crippen LogP contribution in [0.5, 0.6) is 5.75 Å². The van der Waals surface area contributed by atoms with E-state index in [1.165, 1.54) is 13.0 Å². The SMILES string of the molecule is CC(Oc1ccc(N2CCN(CCn3ncc4c3nc(N)n3nc(-c5ccco5)cc43)CC2)c(F)c1)C(=O)O. The zero-order valence-corrected chi connectivity index (χ0v) is 21.2. The van der Waals surface area contributed by atoms with Crippen LogP contribution in [0.2, 0.25) is 0 Å². The normalized spacial score (nSPS) is 15.3. The maximum Gasteiger partial charge on any atom is 0.344 e. The van der Waals surface area contributed by atoms with Crippen LogP contribution in [0.25, 0.3) is 28.0 Å². The molecule has 12 nitrogen and oxygen atoms in total. The van der Waals surface area contributed by atoms with Crippen molar-refractivity contribution in [2.24, 2.45) is 0 Å². The molecule has 1 aliphatic heterocycles. The molecule has 3 N–H and O–H groups in total. The second kappa shape index (κ2) is 9.91. The standard InChI is InChI=1S/C26H27FN8O4/c1-16(25(36)37)39-17-4-5-21(19(27)13-17)33-9-6-32(7-10-33)8-11-34-24-18(15-29-34)22-14-20(23-3-2-12-38-23)31-35(22)26(28)30-24/h2-5,12-16H,6-11H2,1H3,(H2,28,30)(H,36,37). The molecule has 202 valence electrons. The van der Waals surface area contributed by atoms with Gasteiger partial charge in [-0.05, 0) is 37.3 Å². The van der Waals surface area contributed by atoms with Crippen LogP contribution in [0, 0.1) is 5.82 Å². The summed E-state index contributed by atoms with van der Waals surface area (Å²) in [5.74, 6) is -0.439. The van der Waals surface area contributed by atoms with E-state index in [1.54, 1.807) is 35.2 Å². The van der Waals surface area contributed by atoms with E-state index in [4.69, 9.17) is 20.0 Å². The monoisotopic (exact) mass is 534 g/mol. The lowest BCUT2D eigenvalue weighted by molar-refractivity contribution is -0.144. The van der Waals surface area contributed by atoms with E-state index in [-0.39, 0.29) is 11.7 Å². The molecular formula is C26H27FN8O4. The zero-order chi connectivity index (χ0) is 27.1. The molecule has 1 fully saturated rings. The Morgan fingerprint density at radius 1 is 1.21 bits per heavy atom. The summed E-state index contributed by atoms with van der Waals surface area (Å²) in [7, 11) is 0. The maximum atomic E-state index is 14.8. The highest BCUT2D eigenvalue weighted by Gasteiger charge is 2.22. The smallest absolute Gasteiger partial charge is 0.344 e. The number of carboxylic acids is 1. The van der Waals surface area contributed by atoms with Gasteiger partial charge in [-0.3, -0.25) is 4.90 Å². The number of nitrogen functional groups attached to an aromatic ring is 1. The summed E-state index contributed by atoms with van der Waals surface area (Å²) in [6.45, 7) is 5.58. The van der Waals surface area contributed by atoms with Crippen LogP contribution in [0.4, 0.5) is 16.0 Å². The minimum atomic E-state index is -1.10. The number of carboxylic acid groups (broad SMARTS) is 1. The van der Waals surface area contributed by atoms with Crippen LogP contribution in [-0.4, -0.2) is 79.2 Å². The van der Waals surface area contributed by atoms with Crippen molar-refractivity contribution >= 4 is 34.2 Å². The van der Waals surface area contributed by atoms with E-state index >= 15 is 0 Å². The van der Waals surface area contributed by atoms with Crippen molar-refractivity contribution in [3.63, 3.8) is 0 Å². The van der Waals surface area contributed by atoms with E-state index in [0.717, 1.165) is 30.5 Å². The molecule has 1 aliphatic rings. The quantitative estimate of drug-likeness (QED) is 0.305. The Kier molecular flexibility index (Phi) is 6.27. The van der Waals surface area contributed by atoms with E-state index in [0.29, 0.717) is 42.4 Å². The third kappa shape index (κ3) is 4.72. The Balaban J connectivity index is 1.10. The molecule has 5 heterocycles. The predicted molar refractivity (Wildman–Crippen MR) is 141 cm³/mol. The van der Waals surface area contributed by atoms with Gasteiger partial charge in [0.15, 0.2) is 17.5 Å². The Morgan fingerprint density at radius 2 is 2.03 bits per heavy atom. The number of aliphatic carboxylic acids is 1. The minimum Gasteiger partial charge on any atom is -0.479 e. The van der Waals surface area contributed by atoms with Crippen LogP contribution in [0.15, 0.2) is 53.3 Å². The van der Waals surface area contributed by atoms with Crippen molar-refractivity contribution in [2.75, 3.05) is 43.4 Å². The molecule has 39 heavy (non-hydrogen) atoms. The highest BCUT2D eigenvalue weighted by molar-refractivity contribution is 5.93. The first-order chi connectivity index (χ1) is 18.9. The number of ether oxygens (including phenoxy) is 1. The largest absolute Gasteiger partial charge is 0.479 e. The molecular weight excluding hydrogens is 507 g/mol. The number of piperazine rings is 1. The zero-order valence-electron chi connectivity index (χ0n) is 21.2. The lowest BCUT2D eigenvalue weighted by atomic mass is 10.2. The number of rotatable bonds is 8. The van der Waals surface area contributed by atoms with E-state index in [1.807, 2.05) is 21.7 Å². The summed E-state index contributed by atoms with van der Waals surface area (Å²) >= 11 is 0. The molecule has 1 atom stereocenters. The predicted octanol–water partition coefficient (Wildman–Crippen LogP) is 2.73. The van der Waals surface area contributed by atoms with Gasteiger partial charge in [0.05, 0.1) is 35.6 Å². The second-order valence-corrected chi connectivity index (χ2v) is 9.42. The fraction of sp³-hybridized carbons (Fsp3) is 0.308. The van der Waals surface area contributed by atoms with Gasteiger partial charge in [-0.15, -0.1) is 0 Å². The number of halogens is 1. The molecule has 1 unspecified atom stereocenters. The first-order valence-electron chi connectivity index (χ1n) is 12.6. The molecule has 0 bridgehead atoms. The summed E-state index contributed by atoms with van der Waals surface area (Å²) in [6, 6.07) is 10.0. The van der Waals surface area contributed by atoms with E-state index in [2.05, 4.69) is 20.1 Å². The fourth-order valence-corrected chi connectivity index (χ4v) is 4.81. The van der Waals surface area contributed by atoms with E-state index in [9.17, 15) is 9.18 Å². The van der Waals surface area contributed by atoms with Crippen molar-refractivity contribution in [1.29, 1.82) is 0 Å². The third-order valence-electron chi connectivity index (χ3n) is 6.93. The topological polar surface area (TPSA) is 140 Å². The summed E-state index contributed by atoms with van der Waals surface area (Å²) in [5.41, 5.74) is 8.85. The molecule has 5 aromatic rings. The molecule has 1 aromatic carbocycles. The number of fused-ring (bicyclic) bond motifs is 3. The summed E-state index contributed by atoms with van der Waals surface area (Å²) in [6.07, 6.45) is 2.32. The van der Waals surface area contributed by atoms with Crippen molar-refractivity contribution in [2.45, 2.75) is 19.6 Å². The lowest BCUT2D eigenvalue weighted by Crippen LogP contribution is -2.47. The summed E-state index contributed by atoms with van der Waals surface area (Å²) < 4.78 is 28.9. The van der Waals surface area contributed by atoms with Gasteiger partial charge in [-0.1, -0.05) is 0 Å². The van der Waals surface area contributed by atoms with Crippen molar-refractivity contribution in [1.82, 2.24) is 29.3 Å². The molecule has 6 rings (SSSR count). The number of nitrogens with zero attached hydrogens (tertiary/aromatic N) is 7. The number of furan rings is 1. The lowest BCUT2D eigenvalue weighted by Gasteiger charge is -2.36. The molecule has 0 amide bonds. The molecule has 13 heteroatoms. The Labute approximate surface area is 222 Å². The maximum absolute atomic E-state index is 14.8. The highest BCUT2D eigenvalue weighted by atomic mass is 19.1. The number of carbonyl (C=O) groups is 1. The van der Waals surface area contributed by atoms with Gasteiger partial charge in [0.2, 0.25) is 5.95 Å².